The summed E-state index contributed by atoms with van der Waals surface area (Å²) in [5.74, 6) is 0.143. The van der Waals surface area contributed by atoms with E-state index >= 15 is 0 Å². The number of hydrogen-bond donors (Lipinski definition) is 0. The molecule has 122 valence electrons. The highest BCUT2D eigenvalue weighted by molar-refractivity contribution is 7.89. The lowest BCUT2D eigenvalue weighted by Crippen LogP contribution is -2.49. The van der Waals surface area contributed by atoms with Gasteiger partial charge in [-0.1, -0.05) is 6.42 Å². The third-order valence-corrected chi connectivity index (χ3v) is 6.37. The van der Waals surface area contributed by atoms with E-state index in [2.05, 4.69) is 5.10 Å². The molecule has 2 fully saturated rings. The van der Waals surface area contributed by atoms with E-state index in [1.54, 1.807) is 11.4 Å². The van der Waals surface area contributed by atoms with Crippen LogP contribution in [0.1, 0.15) is 32.1 Å². The number of nitrogens with zero attached hydrogens (tertiary/aromatic N) is 4. The van der Waals surface area contributed by atoms with Crippen molar-refractivity contribution in [1.82, 2.24) is 19.0 Å². The molecule has 1 aromatic rings. The molecule has 0 radical (unpaired) electrons. The number of likely N-dealkylation sites (tertiary alicyclic amines) is 1. The summed E-state index contributed by atoms with van der Waals surface area (Å²) in [6.45, 7) is 1.78. The Balaban J connectivity index is 1.81. The monoisotopic (exact) mass is 326 g/mol. The Morgan fingerprint density at radius 2 is 2.09 bits per heavy atom. The number of carbonyl (C=O) groups excluding carboxylic acids is 1. The van der Waals surface area contributed by atoms with Crippen LogP contribution in [0.2, 0.25) is 0 Å². The first-order valence-electron chi connectivity index (χ1n) is 7.77. The summed E-state index contributed by atoms with van der Waals surface area (Å²) in [6.07, 6.45) is 7.06. The van der Waals surface area contributed by atoms with Crippen LogP contribution in [0.5, 0.6) is 0 Å². The summed E-state index contributed by atoms with van der Waals surface area (Å²) in [5.41, 5.74) is 0. The van der Waals surface area contributed by atoms with E-state index in [1.165, 1.54) is 17.1 Å². The summed E-state index contributed by atoms with van der Waals surface area (Å²) < 4.78 is 28.7. The average molecular weight is 326 g/mol. The van der Waals surface area contributed by atoms with Crippen LogP contribution in [-0.2, 0) is 21.9 Å². The van der Waals surface area contributed by atoms with Crippen molar-refractivity contribution in [1.29, 1.82) is 0 Å². The van der Waals surface area contributed by atoms with Gasteiger partial charge in [0.05, 0.1) is 6.20 Å². The van der Waals surface area contributed by atoms with Crippen LogP contribution in [0.15, 0.2) is 17.3 Å². The van der Waals surface area contributed by atoms with Crippen LogP contribution in [0, 0.1) is 0 Å². The van der Waals surface area contributed by atoms with Gasteiger partial charge in [0.2, 0.25) is 15.9 Å². The molecular formula is C14H22N4O3S. The summed E-state index contributed by atoms with van der Waals surface area (Å²) in [5, 5.41) is 3.96. The van der Waals surface area contributed by atoms with Gasteiger partial charge in [-0.2, -0.15) is 9.40 Å². The fraction of sp³-hybridized carbons (Fsp3) is 0.714. The van der Waals surface area contributed by atoms with Gasteiger partial charge >= 0.3 is 0 Å². The summed E-state index contributed by atoms with van der Waals surface area (Å²) >= 11 is 0. The molecule has 2 aliphatic heterocycles. The van der Waals surface area contributed by atoms with Crippen molar-refractivity contribution in [2.45, 2.75) is 43.0 Å². The van der Waals surface area contributed by atoms with Crippen molar-refractivity contribution >= 4 is 15.9 Å². The van der Waals surface area contributed by atoms with Crippen molar-refractivity contribution in [2.75, 3.05) is 19.6 Å². The molecule has 0 spiro atoms. The van der Waals surface area contributed by atoms with Crippen LogP contribution in [0.25, 0.3) is 0 Å². The molecule has 3 rings (SSSR count). The van der Waals surface area contributed by atoms with Gasteiger partial charge < -0.3 is 4.90 Å². The molecule has 0 aliphatic carbocycles. The molecule has 0 saturated carbocycles. The normalized spacial score (nSPS) is 24.1. The lowest BCUT2D eigenvalue weighted by atomic mass is 10.0. The SMILES string of the molecule is Cn1cc(S(=O)(=O)N2CCCCC2CN2CCCC2=O)cn1. The maximum atomic E-state index is 12.8. The number of piperidine rings is 1. The molecule has 1 aromatic heterocycles. The molecule has 1 unspecified atom stereocenters. The second kappa shape index (κ2) is 6.00. The van der Waals surface area contributed by atoms with Gasteiger partial charge in [-0.15, -0.1) is 0 Å². The van der Waals surface area contributed by atoms with Gasteiger partial charge in [-0.05, 0) is 19.3 Å². The molecule has 1 amide bonds. The Morgan fingerprint density at radius 3 is 2.73 bits per heavy atom. The first-order valence-corrected chi connectivity index (χ1v) is 9.21. The van der Waals surface area contributed by atoms with Crippen LogP contribution in [0.4, 0.5) is 0 Å². The minimum absolute atomic E-state index is 0.124. The molecule has 0 aromatic carbocycles. The van der Waals surface area contributed by atoms with Crippen LogP contribution < -0.4 is 0 Å². The zero-order chi connectivity index (χ0) is 15.7. The lowest BCUT2D eigenvalue weighted by Gasteiger charge is -2.36. The third-order valence-electron chi connectivity index (χ3n) is 4.46. The number of aryl methyl sites for hydroxylation is 1. The Labute approximate surface area is 130 Å². The van der Waals surface area contributed by atoms with E-state index < -0.39 is 10.0 Å². The second-order valence-corrected chi connectivity index (χ2v) is 7.95. The number of carbonyl (C=O) groups is 1. The first kappa shape index (κ1) is 15.5. The summed E-state index contributed by atoms with van der Waals surface area (Å²) in [6, 6.07) is -0.124. The van der Waals surface area contributed by atoms with Crippen LogP contribution >= 0.6 is 0 Å². The fourth-order valence-corrected chi connectivity index (χ4v) is 4.96. The highest BCUT2D eigenvalue weighted by atomic mass is 32.2. The molecule has 2 saturated heterocycles. The van der Waals surface area contributed by atoms with Crippen molar-refractivity contribution in [3.8, 4) is 0 Å². The van der Waals surface area contributed by atoms with Crippen molar-refractivity contribution < 1.29 is 13.2 Å². The number of aromatic nitrogens is 2. The van der Waals surface area contributed by atoms with Gasteiger partial charge in [-0.3, -0.25) is 9.48 Å². The molecule has 2 aliphatic rings. The van der Waals surface area contributed by atoms with E-state index in [9.17, 15) is 13.2 Å². The van der Waals surface area contributed by atoms with Gasteiger partial charge in [0.1, 0.15) is 4.90 Å². The second-order valence-electron chi connectivity index (χ2n) is 6.06. The zero-order valence-corrected chi connectivity index (χ0v) is 13.6. The first-order chi connectivity index (χ1) is 10.5. The molecule has 0 bridgehead atoms. The molecule has 0 N–H and O–H groups in total. The molecule has 1 atom stereocenters. The Bertz CT molecular complexity index is 655. The highest BCUT2D eigenvalue weighted by Gasteiger charge is 2.36. The zero-order valence-electron chi connectivity index (χ0n) is 12.8. The maximum Gasteiger partial charge on any atom is 0.246 e. The Kier molecular flexibility index (Phi) is 4.22. The predicted molar refractivity (Wildman–Crippen MR) is 80.6 cm³/mol. The third kappa shape index (κ3) is 2.89. The van der Waals surface area contributed by atoms with Crippen LogP contribution in [-0.4, -0.2) is 59.0 Å². The predicted octanol–water partition coefficient (Wildman–Crippen LogP) is 0.586. The van der Waals surface area contributed by atoms with Gasteiger partial charge in [0, 0.05) is 45.3 Å². The van der Waals surface area contributed by atoms with E-state index in [-0.39, 0.29) is 16.8 Å². The standard InChI is InChI=1S/C14H22N4O3S/c1-16-11-13(9-15-16)22(20,21)18-8-3-2-5-12(18)10-17-7-4-6-14(17)19/h9,11-12H,2-8,10H2,1H3. The Hall–Kier alpha value is -1.41. The van der Waals surface area contributed by atoms with Gasteiger partial charge in [0.25, 0.3) is 0 Å². The van der Waals surface area contributed by atoms with Crippen LogP contribution in [0.3, 0.4) is 0 Å². The highest BCUT2D eigenvalue weighted by Crippen LogP contribution is 2.26. The molecule has 22 heavy (non-hydrogen) atoms. The van der Waals surface area contributed by atoms with E-state index in [0.29, 0.717) is 19.5 Å². The number of sulfonamides is 1. The molecular weight excluding hydrogens is 304 g/mol. The van der Waals surface area contributed by atoms with Crippen molar-refractivity contribution in [2.24, 2.45) is 7.05 Å². The Morgan fingerprint density at radius 1 is 1.27 bits per heavy atom. The fourth-order valence-electron chi connectivity index (χ4n) is 3.29. The van der Waals surface area contributed by atoms with E-state index in [0.717, 1.165) is 32.2 Å². The van der Waals surface area contributed by atoms with Gasteiger partial charge in [-0.25, -0.2) is 8.42 Å². The molecule has 3 heterocycles. The lowest BCUT2D eigenvalue weighted by molar-refractivity contribution is -0.128. The summed E-state index contributed by atoms with van der Waals surface area (Å²) in [7, 11) is -1.83. The van der Waals surface area contributed by atoms with Crippen molar-refractivity contribution in [3.05, 3.63) is 12.4 Å². The van der Waals surface area contributed by atoms with Crippen molar-refractivity contribution in [3.63, 3.8) is 0 Å². The number of hydrogen-bond acceptors (Lipinski definition) is 4. The maximum absolute atomic E-state index is 12.8. The smallest absolute Gasteiger partial charge is 0.246 e. The minimum atomic E-state index is -3.54. The number of amides is 1. The topological polar surface area (TPSA) is 75.5 Å². The number of rotatable bonds is 4. The minimum Gasteiger partial charge on any atom is -0.341 e. The largest absolute Gasteiger partial charge is 0.341 e. The molecule has 8 heteroatoms. The average Bonchev–Trinajstić information content (AvgIpc) is 3.09. The molecule has 7 nitrogen and oxygen atoms in total. The van der Waals surface area contributed by atoms with E-state index in [1.807, 2.05) is 4.90 Å². The van der Waals surface area contributed by atoms with E-state index in [4.69, 9.17) is 0 Å². The quantitative estimate of drug-likeness (QED) is 0.811. The summed E-state index contributed by atoms with van der Waals surface area (Å²) in [4.78, 5) is 13.9. The van der Waals surface area contributed by atoms with Gasteiger partial charge in [0.15, 0.2) is 0 Å².